The SMILES string of the molecule is Cc1ccc(Cl)cc1Nc1ncnc2nc[nH]c12. The number of rotatable bonds is 2. The fourth-order valence-corrected chi connectivity index (χ4v) is 1.89. The van der Waals surface area contributed by atoms with Crippen molar-refractivity contribution in [2.45, 2.75) is 6.92 Å². The van der Waals surface area contributed by atoms with E-state index in [0.717, 1.165) is 16.8 Å². The van der Waals surface area contributed by atoms with Crippen molar-refractivity contribution in [2.24, 2.45) is 0 Å². The quantitative estimate of drug-likeness (QED) is 0.742. The zero-order valence-corrected chi connectivity index (χ0v) is 10.4. The number of aryl methyl sites for hydroxylation is 1. The maximum Gasteiger partial charge on any atom is 0.182 e. The second-order valence-electron chi connectivity index (χ2n) is 3.91. The molecule has 0 amide bonds. The van der Waals surface area contributed by atoms with Gasteiger partial charge in [0, 0.05) is 10.7 Å². The molecule has 0 atom stereocenters. The van der Waals surface area contributed by atoms with Gasteiger partial charge >= 0.3 is 0 Å². The molecule has 90 valence electrons. The number of fused-ring (bicyclic) bond motifs is 1. The maximum absolute atomic E-state index is 5.99. The Balaban J connectivity index is 2.06. The number of aromatic amines is 1. The lowest BCUT2D eigenvalue weighted by atomic mass is 10.2. The number of H-pyrrole nitrogens is 1. The van der Waals surface area contributed by atoms with Crippen LogP contribution >= 0.6 is 11.6 Å². The fraction of sp³-hybridized carbons (Fsp3) is 0.0833. The van der Waals surface area contributed by atoms with E-state index in [9.17, 15) is 0 Å². The van der Waals surface area contributed by atoms with Crippen molar-refractivity contribution in [1.82, 2.24) is 19.9 Å². The summed E-state index contributed by atoms with van der Waals surface area (Å²) in [6, 6.07) is 5.67. The molecule has 0 saturated carbocycles. The van der Waals surface area contributed by atoms with Crippen molar-refractivity contribution in [3.63, 3.8) is 0 Å². The smallest absolute Gasteiger partial charge is 0.182 e. The summed E-state index contributed by atoms with van der Waals surface area (Å²) in [5.74, 6) is 0.683. The molecule has 18 heavy (non-hydrogen) atoms. The molecular formula is C12H10ClN5. The first-order valence-electron chi connectivity index (χ1n) is 5.41. The van der Waals surface area contributed by atoms with E-state index in [2.05, 4.69) is 25.3 Å². The molecule has 0 radical (unpaired) electrons. The van der Waals surface area contributed by atoms with Gasteiger partial charge in [-0.15, -0.1) is 0 Å². The molecular weight excluding hydrogens is 250 g/mol. The van der Waals surface area contributed by atoms with E-state index in [4.69, 9.17) is 11.6 Å². The van der Waals surface area contributed by atoms with Crippen LogP contribution in [0, 0.1) is 6.92 Å². The Bertz CT molecular complexity index is 707. The molecule has 0 bridgehead atoms. The van der Waals surface area contributed by atoms with Crippen LogP contribution in [0.3, 0.4) is 0 Å². The standard InChI is InChI=1S/C12H10ClN5/c1-7-2-3-8(13)4-9(7)18-12-10-11(15-5-14-10)16-6-17-12/h2-6H,1H3,(H2,14,15,16,17,18). The van der Waals surface area contributed by atoms with Crippen molar-refractivity contribution in [2.75, 3.05) is 5.32 Å². The number of benzene rings is 1. The van der Waals surface area contributed by atoms with Gasteiger partial charge in [0.15, 0.2) is 11.5 Å². The third-order valence-corrected chi connectivity index (χ3v) is 2.91. The highest BCUT2D eigenvalue weighted by atomic mass is 35.5. The molecule has 0 unspecified atom stereocenters. The summed E-state index contributed by atoms with van der Waals surface area (Å²) < 4.78 is 0. The Morgan fingerprint density at radius 1 is 1.22 bits per heavy atom. The van der Waals surface area contributed by atoms with Crippen molar-refractivity contribution in [3.05, 3.63) is 41.4 Å². The number of halogens is 1. The molecule has 2 aromatic heterocycles. The highest BCUT2D eigenvalue weighted by molar-refractivity contribution is 6.30. The molecule has 0 saturated heterocycles. The average molecular weight is 260 g/mol. The van der Waals surface area contributed by atoms with Crippen LogP contribution in [-0.4, -0.2) is 19.9 Å². The topological polar surface area (TPSA) is 66.5 Å². The number of aromatic nitrogens is 4. The number of imidazole rings is 1. The minimum Gasteiger partial charge on any atom is -0.340 e. The third-order valence-electron chi connectivity index (χ3n) is 2.68. The van der Waals surface area contributed by atoms with Gasteiger partial charge in [0.05, 0.1) is 6.33 Å². The summed E-state index contributed by atoms with van der Waals surface area (Å²) >= 11 is 5.99. The molecule has 2 heterocycles. The van der Waals surface area contributed by atoms with E-state index in [1.807, 2.05) is 25.1 Å². The molecule has 0 aliphatic heterocycles. The van der Waals surface area contributed by atoms with Crippen LogP contribution in [0.25, 0.3) is 11.2 Å². The Hall–Kier alpha value is -2.14. The van der Waals surface area contributed by atoms with Gasteiger partial charge < -0.3 is 10.3 Å². The third kappa shape index (κ3) is 1.89. The second-order valence-corrected chi connectivity index (χ2v) is 4.34. The van der Waals surface area contributed by atoms with Crippen molar-refractivity contribution < 1.29 is 0 Å². The summed E-state index contributed by atoms with van der Waals surface area (Å²) in [7, 11) is 0. The fourth-order valence-electron chi connectivity index (χ4n) is 1.72. The first-order valence-corrected chi connectivity index (χ1v) is 5.79. The Morgan fingerprint density at radius 2 is 2.11 bits per heavy atom. The van der Waals surface area contributed by atoms with Gasteiger partial charge in [0.2, 0.25) is 0 Å². The Kier molecular flexibility index (Phi) is 2.60. The van der Waals surface area contributed by atoms with Gasteiger partial charge in [0.25, 0.3) is 0 Å². The zero-order valence-electron chi connectivity index (χ0n) is 9.61. The van der Waals surface area contributed by atoms with E-state index >= 15 is 0 Å². The second kappa shape index (κ2) is 4.27. The van der Waals surface area contributed by atoms with E-state index < -0.39 is 0 Å². The highest BCUT2D eigenvalue weighted by Crippen LogP contribution is 2.25. The predicted molar refractivity (Wildman–Crippen MR) is 71.2 cm³/mol. The minimum atomic E-state index is 0.632. The summed E-state index contributed by atoms with van der Waals surface area (Å²) in [6.07, 6.45) is 3.07. The van der Waals surface area contributed by atoms with E-state index in [0.29, 0.717) is 16.5 Å². The summed E-state index contributed by atoms with van der Waals surface area (Å²) in [5, 5.41) is 3.91. The lowest BCUT2D eigenvalue weighted by Crippen LogP contribution is -1.97. The maximum atomic E-state index is 5.99. The lowest BCUT2D eigenvalue weighted by Gasteiger charge is -2.09. The van der Waals surface area contributed by atoms with E-state index in [-0.39, 0.29) is 0 Å². The molecule has 0 aliphatic carbocycles. The Labute approximate surface area is 108 Å². The summed E-state index contributed by atoms with van der Waals surface area (Å²) in [6.45, 7) is 2.00. The van der Waals surface area contributed by atoms with Crippen molar-refractivity contribution in [1.29, 1.82) is 0 Å². The number of anilines is 2. The largest absolute Gasteiger partial charge is 0.340 e. The lowest BCUT2D eigenvalue weighted by molar-refractivity contribution is 1.19. The number of hydrogen-bond donors (Lipinski definition) is 2. The molecule has 1 aromatic carbocycles. The first-order chi connectivity index (χ1) is 8.74. The Morgan fingerprint density at radius 3 is 3.00 bits per heavy atom. The van der Waals surface area contributed by atoms with Gasteiger partial charge in [-0.05, 0) is 24.6 Å². The number of nitrogens with zero attached hydrogens (tertiary/aromatic N) is 3. The number of hydrogen-bond acceptors (Lipinski definition) is 4. The van der Waals surface area contributed by atoms with E-state index in [1.54, 1.807) is 6.33 Å². The first kappa shape index (κ1) is 11.0. The van der Waals surface area contributed by atoms with Crippen LogP contribution in [0.15, 0.2) is 30.9 Å². The van der Waals surface area contributed by atoms with Gasteiger partial charge in [-0.1, -0.05) is 17.7 Å². The molecule has 3 aromatic rings. The zero-order chi connectivity index (χ0) is 12.5. The predicted octanol–water partition coefficient (Wildman–Crippen LogP) is 3.06. The molecule has 5 nitrogen and oxygen atoms in total. The molecule has 0 spiro atoms. The van der Waals surface area contributed by atoms with E-state index in [1.165, 1.54) is 6.33 Å². The van der Waals surface area contributed by atoms with Crippen LogP contribution in [-0.2, 0) is 0 Å². The van der Waals surface area contributed by atoms with Crippen LogP contribution < -0.4 is 5.32 Å². The molecule has 6 heteroatoms. The van der Waals surface area contributed by atoms with Gasteiger partial charge in [0.1, 0.15) is 11.8 Å². The minimum absolute atomic E-state index is 0.632. The van der Waals surface area contributed by atoms with Crippen LogP contribution in [0.2, 0.25) is 5.02 Å². The van der Waals surface area contributed by atoms with Crippen LogP contribution in [0.4, 0.5) is 11.5 Å². The molecule has 0 aliphatic rings. The molecule has 2 N–H and O–H groups in total. The van der Waals surface area contributed by atoms with Gasteiger partial charge in [-0.25, -0.2) is 15.0 Å². The monoisotopic (exact) mass is 259 g/mol. The summed E-state index contributed by atoms with van der Waals surface area (Å²) in [5.41, 5.74) is 3.41. The highest BCUT2D eigenvalue weighted by Gasteiger charge is 2.07. The number of nitrogens with one attached hydrogen (secondary N) is 2. The van der Waals surface area contributed by atoms with Crippen LogP contribution in [0.5, 0.6) is 0 Å². The van der Waals surface area contributed by atoms with Gasteiger partial charge in [-0.3, -0.25) is 0 Å². The summed E-state index contributed by atoms with van der Waals surface area (Å²) in [4.78, 5) is 15.4. The average Bonchev–Trinajstić information content (AvgIpc) is 2.83. The molecule has 3 rings (SSSR count). The molecule has 0 fully saturated rings. The van der Waals surface area contributed by atoms with Gasteiger partial charge in [-0.2, -0.15) is 0 Å². The van der Waals surface area contributed by atoms with Crippen LogP contribution in [0.1, 0.15) is 5.56 Å². The normalized spacial score (nSPS) is 10.8. The van der Waals surface area contributed by atoms with Crippen molar-refractivity contribution >= 4 is 34.3 Å². The van der Waals surface area contributed by atoms with Crippen molar-refractivity contribution in [3.8, 4) is 0 Å².